The zero-order valence-corrected chi connectivity index (χ0v) is 11.2. The van der Waals surface area contributed by atoms with Crippen LogP contribution in [-0.2, 0) is 9.53 Å². The van der Waals surface area contributed by atoms with E-state index in [1.165, 1.54) is 0 Å². The number of aliphatic hydroxyl groups is 1. The zero-order chi connectivity index (χ0) is 12.9. The van der Waals surface area contributed by atoms with Crippen LogP contribution in [0.1, 0.15) is 39.0 Å². The summed E-state index contributed by atoms with van der Waals surface area (Å²) < 4.78 is 5.02. The molecule has 0 aromatic rings. The van der Waals surface area contributed by atoms with E-state index in [9.17, 15) is 9.90 Å². The fourth-order valence-corrected chi connectivity index (χ4v) is 2.52. The molecule has 0 heterocycles. The molecule has 1 aliphatic rings. The average Bonchev–Trinajstić information content (AvgIpc) is 2.65. The summed E-state index contributed by atoms with van der Waals surface area (Å²) in [5, 5.41) is 10.2. The molecular weight excluding hydrogens is 218 g/mol. The van der Waals surface area contributed by atoms with Crippen molar-refractivity contribution in [2.45, 2.75) is 44.6 Å². The van der Waals surface area contributed by atoms with Gasteiger partial charge >= 0.3 is 0 Å². The van der Waals surface area contributed by atoms with E-state index in [2.05, 4.69) is 0 Å². The Morgan fingerprint density at radius 1 is 1.47 bits per heavy atom. The van der Waals surface area contributed by atoms with Gasteiger partial charge in [-0.15, -0.1) is 0 Å². The Morgan fingerprint density at radius 3 is 2.59 bits per heavy atom. The van der Waals surface area contributed by atoms with Crippen molar-refractivity contribution in [3.8, 4) is 0 Å². The minimum atomic E-state index is -0.644. The molecule has 17 heavy (non-hydrogen) atoms. The lowest BCUT2D eigenvalue weighted by Crippen LogP contribution is -2.42. The van der Waals surface area contributed by atoms with E-state index in [4.69, 9.17) is 4.74 Å². The van der Waals surface area contributed by atoms with Crippen LogP contribution in [0.4, 0.5) is 0 Å². The zero-order valence-electron chi connectivity index (χ0n) is 11.2. The second-order valence-electron chi connectivity index (χ2n) is 5.45. The molecule has 0 aliphatic heterocycles. The first-order chi connectivity index (χ1) is 7.97. The molecule has 0 aromatic carbocycles. The number of carbonyl (C=O) groups excluding carboxylic acids is 1. The third-order valence-electron chi connectivity index (χ3n) is 3.47. The van der Waals surface area contributed by atoms with Crippen LogP contribution >= 0.6 is 0 Å². The molecule has 1 atom stereocenters. The van der Waals surface area contributed by atoms with Crippen molar-refractivity contribution in [3.63, 3.8) is 0 Å². The number of amides is 1. The van der Waals surface area contributed by atoms with Crippen molar-refractivity contribution in [2.24, 2.45) is 5.92 Å². The van der Waals surface area contributed by atoms with Crippen molar-refractivity contribution in [1.82, 2.24) is 4.90 Å². The highest BCUT2D eigenvalue weighted by atomic mass is 16.5. The number of methoxy groups -OCH3 is 1. The average molecular weight is 243 g/mol. The summed E-state index contributed by atoms with van der Waals surface area (Å²) in [6.07, 6.45) is 4.26. The minimum Gasteiger partial charge on any atom is -0.388 e. The van der Waals surface area contributed by atoms with Crippen LogP contribution in [-0.4, -0.2) is 48.8 Å². The first-order valence-electron chi connectivity index (χ1n) is 6.42. The second kappa shape index (κ2) is 6.36. The lowest BCUT2D eigenvalue weighted by atomic mass is 10.0. The van der Waals surface area contributed by atoms with Crippen LogP contribution in [0, 0.1) is 5.92 Å². The highest BCUT2D eigenvalue weighted by Gasteiger charge is 2.33. The van der Waals surface area contributed by atoms with Crippen molar-refractivity contribution in [2.75, 3.05) is 27.3 Å². The third kappa shape index (κ3) is 4.64. The number of ether oxygens (including phenoxy) is 1. The van der Waals surface area contributed by atoms with Gasteiger partial charge < -0.3 is 14.7 Å². The van der Waals surface area contributed by atoms with E-state index in [1.807, 2.05) is 6.92 Å². The Hall–Kier alpha value is -0.610. The van der Waals surface area contributed by atoms with E-state index >= 15 is 0 Å². The fraction of sp³-hybridized carbons (Fsp3) is 0.923. The molecule has 0 saturated heterocycles. The molecule has 4 nitrogen and oxygen atoms in total. The summed E-state index contributed by atoms with van der Waals surface area (Å²) in [5.74, 6) is 0.322. The van der Waals surface area contributed by atoms with Crippen LogP contribution in [0.15, 0.2) is 0 Å². The SMILES string of the molecule is COCC(C)CC(=O)N(C)CC1(O)CCCC1. The quantitative estimate of drug-likeness (QED) is 0.767. The molecule has 1 N–H and O–H groups in total. The van der Waals surface area contributed by atoms with Gasteiger partial charge in [0.15, 0.2) is 0 Å². The number of hydrogen-bond acceptors (Lipinski definition) is 3. The van der Waals surface area contributed by atoms with Gasteiger partial charge in [0.05, 0.1) is 5.60 Å². The monoisotopic (exact) mass is 243 g/mol. The van der Waals surface area contributed by atoms with Crippen molar-refractivity contribution < 1.29 is 14.6 Å². The summed E-state index contributed by atoms with van der Waals surface area (Å²) in [5.41, 5.74) is -0.644. The summed E-state index contributed by atoms with van der Waals surface area (Å²) in [4.78, 5) is 13.6. The molecule has 1 amide bonds. The van der Waals surface area contributed by atoms with Gasteiger partial charge in [-0.05, 0) is 18.8 Å². The molecule has 4 heteroatoms. The van der Waals surface area contributed by atoms with Gasteiger partial charge in [-0.3, -0.25) is 4.79 Å². The molecular formula is C13H25NO3. The molecule has 0 bridgehead atoms. The van der Waals surface area contributed by atoms with Crippen molar-refractivity contribution in [1.29, 1.82) is 0 Å². The number of nitrogens with zero attached hydrogens (tertiary/aromatic N) is 1. The Labute approximate surface area is 104 Å². The maximum atomic E-state index is 11.9. The van der Waals surface area contributed by atoms with Crippen molar-refractivity contribution in [3.05, 3.63) is 0 Å². The van der Waals surface area contributed by atoms with Gasteiger partial charge in [0, 0.05) is 33.7 Å². The normalized spacial score (nSPS) is 20.2. The molecule has 1 fully saturated rings. The summed E-state index contributed by atoms with van der Waals surface area (Å²) >= 11 is 0. The van der Waals surface area contributed by atoms with Crippen LogP contribution in [0.2, 0.25) is 0 Å². The van der Waals surface area contributed by atoms with Gasteiger partial charge in [-0.25, -0.2) is 0 Å². The van der Waals surface area contributed by atoms with Crippen LogP contribution in [0.3, 0.4) is 0 Å². The first kappa shape index (κ1) is 14.5. The number of hydrogen-bond donors (Lipinski definition) is 1. The second-order valence-corrected chi connectivity index (χ2v) is 5.45. The Kier molecular flexibility index (Phi) is 5.40. The van der Waals surface area contributed by atoms with Gasteiger partial charge in [0.2, 0.25) is 5.91 Å². The van der Waals surface area contributed by atoms with E-state index in [1.54, 1.807) is 19.1 Å². The van der Waals surface area contributed by atoms with Crippen molar-refractivity contribution >= 4 is 5.91 Å². The van der Waals surface area contributed by atoms with Crippen LogP contribution in [0.5, 0.6) is 0 Å². The Morgan fingerprint density at radius 2 is 2.06 bits per heavy atom. The largest absolute Gasteiger partial charge is 0.388 e. The van der Waals surface area contributed by atoms with E-state index in [-0.39, 0.29) is 11.8 Å². The highest BCUT2D eigenvalue weighted by Crippen LogP contribution is 2.30. The van der Waals surface area contributed by atoms with Crippen LogP contribution < -0.4 is 0 Å². The lowest BCUT2D eigenvalue weighted by molar-refractivity contribution is -0.134. The van der Waals surface area contributed by atoms with E-state index in [0.717, 1.165) is 25.7 Å². The molecule has 0 aromatic heterocycles. The molecule has 1 rings (SSSR count). The smallest absolute Gasteiger partial charge is 0.222 e. The predicted octanol–water partition coefficient (Wildman–Crippen LogP) is 1.42. The van der Waals surface area contributed by atoms with Gasteiger partial charge in [-0.2, -0.15) is 0 Å². The topological polar surface area (TPSA) is 49.8 Å². The van der Waals surface area contributed by atoms with Crippen LogP contribution in [0.25, 0.3) is 0 Å². The minimum absolute atomic E-state index is 0.0925. The fourth-order valence-electron chi connectivity index (χ4n) is 2.52. The number of likely N-dealkylation sites (N-methyl/N-ethyl adjacent to an activating group) is 1. The number of carbonyl (C=O) groups is 1. The van der Waals surface area contributed by atoms with E-state index < -0.39 is 5.60 Å². The van der Waals surface area contributed by atoms with Gasteiger partial charge in [0.1, 0.15) is 0 Å². The molecule has 100 valence electrons. The standard InChI is InChI=1S/C13H25NO3/c1-11(9-17-3)8-12(15)14(2)10-13(16)6-4-5-7-13/h11,16H,4-10H2,1-3H3. The molecule has 1 aliphatic carbocycles. The lowest BCUT2D eigenvalue weighted by Gasteiger charge is -2.29. The first-order valence-corrected chi connectivity index (χ1v) is 6.42. The Balaban J connectivity index is 2.36. The summed E-state index contributed by atoms with van der Waals surface area (Å²) in [6, 6.07) is 0. The highest BCUT2D eigenvalue weighted by molar-refractivity contribution is 5.76. The predicted molar refractivity (Wildman–Crippen MR) is 66.7 cm³/mol. The third-order valence-corrected chi connectivity index (χ3v) is 3.47. The van der Waals surface area contributed by atoms with Gasteiger partial charge in [0.25, 0.3) is 0 Å². The maximum Gasteiger partial charge on any atom is 0.222 e. The summed E-state index contributed by atoms with van der Waals surface area (Å²) in [7, 11) is 3.42. The molecule has 0 radical (unpaired) electrons. The Bertz CT molecular complexity index is 249. The molecule has 1 saturated carbocycles. The molecule has 1 unspecified atom stereocenters. The van der Waals surface area contributed by atoms with Gasteiger partial charge in [-0.1, -0.05) is 19.8 Å². The molecule has 0 spiro atoms. The number of rotatable bonds is 6. The van der Waals surface area contributed by atoms with E-state index in [0.29, 0.717) is 19.6 Å². The summed E-state index contributed by atoms with van der Waals surface area (Å²) in [6.45, 7) is 3.06. The maximum absolute atomic E-state index is 11.9.